The molecule has 3 atom stereocenters. The Kier molecular flexibility index (Phi) is 19.5. The Balaban J connectivity index is 0.856. The fourth-order valence-corrected chi connectivity index (χ4v) is 12.7. The average molecular weight is 1250 g/mol. The van der Waals surface area contributed by atoms with Crippen LogP contribution in [-0.4, -0.2) is 132 Å². The Hall–Kier alpha value is -10.1. The molecule has 10 N–H and O–H groups in total. The molecule has 462 valence electrons. The third-order valence-electron chi connectivity index (χ3n) is 15.5. The molecule has 4 aromatic heterocycles. The number of carbonyl (C=O) groups is 7. The van der Waals surface area contributed by atoms with Crippen LogP contribution in [0, 0.1) is 12.8 Å². The number of ether oxygens (including phenoxy) is 4. The van der Waals surface area contributed by atoms with E-state index in [1.54, 1.807) is 30.4 Å². The van der Waals surface area contributed by atoms with Gasteiger partial charge in [0.05, 0.1) is 73.5 Å². The Morgan fingerprint density at radius 1 is 0.831 bits per heavy atom. The number of carboxylic acids is 1. The molecule has 0 spiro atoms. The second-order valence-electron chi connectivity index (χ2n) is 20.8. The van der Waals surface area contributed by atoms with Crippen LogP contribution in [0.2, 0.25) is 0 Å². The van der Waals surface area contributed by atoms with E-state index in [0.717, 1.165) is 38.6 Å². The largest absolute Gasteiger partial charge is 0.480 e. The van der Waals surface area contributed by atoms with Gasteiger partial charge in [-0.15, -0.1) is 0 Å². The van der Waals surface area contributed by atoms with Crippen molar-refractivity contribution in [3.8, 4) is 0 Å². The molecule has 5 aromatic rings. The first-order valence-corrected chi connectivity index (χ1v) is 30.2. The number of nitrogens with zero attached hydrogens (tertiary/aromatic N) is 5. The molecule has 28 heteroatoms. The third kappa shape index (κ3) is 13.7. The Labute approximate surface area is 516 Å². The number of allylic oxidation sites excluding steroid dienone is 8. The summed E-state index contributed by atoms with van der Waals surface area (Å²) >= 11 is 0. The Morgan fingerprint density at radius 3 is 2.29 bits per heavy atom. The minimum absolute atomic E-state index is 0.0225. The number of nitrogens with one attached hydrogen (secondary N) is 7. The van der Waals surface area contributed by atoms with Gasteiger partial charge in [0.2, 0.25) is 11.9 Å². The van der Waals surface area contributed by atoms with Crippen molar-refractivity contribution in [1.29, 1.82) is 0 Å². The van der Waals surface area contributed by atoms with Gasteiger partial charge in [0.1, 0.15) is 18.6 Å². The van der Waals surface area contributed by atoms with Crippen LogP contribution in [-0.2, 0) is 61.3 Å². The summed E-state index contributed by atoms with van der Waals surface area (Å²) in [7, 11) is 6.17. The summed E-state index contributed by atoms with van der Waals surface area (Å²) in [4.78, 5) is 136. The first kappa shape index (κ1) is 63.4. The predicted octanol–water partition coefficient (Wildman–Crippen LogP) is 6.77. The number of hydrogen-bond acceptors (Lipinski definition) is 21. The lowest BCUT2D eigenvalue weighted by molar-refractivity contribution is -0.149. The molecule has 8 bridgehead atoms. The van der Waals surface area contributed by atoms with E-state index in [4.69, 9.17) is 34.6 Å². The summed E-state index contributed by atoms with van der Waals surface area (Å²) in [6, 6.07) is 12.5. The van der Waals surface area contributed by atoms with Crippen molar-refractivity contribution in [2.45, 2.75) is 71.4 Å². The SMILES string of the molecule is C=CC1=C(C)c2cc3[nH]c(cc4nc(cc5[nH]c(cc1n2)c(C)c5CCC(=O)OC)C(CCC(=O)NNC(=O)OCCSSCC(NC(=O)c1ccc(NCc2cnc5nc(N)[nH]c(=O)c5n2)cc1)C(=O)O)=C4C)[C@@]1(C)C3=CC=C(C(=O)OC)[C@H]1C(=O)OC. The van der Waals surface area contributed by atoms with Crippen molar-refractivity contribution in [2.24, 2.45) is 5.92 Å². The van der Waals surface area contributed by atoms with E-state index in [2.05, 4.69) is 58.0 Å². The highest BCUT2D eigenvalue weighted by Gasteiger charge is 2.53. The molecule has 89 heavy (non-hydrogen) atoms. The quantitative estimate of drug-likeness (QED) is 0.0120. The number of nitrogens with two attached hydrogens (primary N) is 1. The summed E-state index contributed by atoms with van der Waals surface area (Å²) in [5.41, 5.74) is 19.9. The zero-order valence-corrected chi connectivity index (χ0v) is 51.1. The van der Waals surface area contributed by atoms with Crippen molar-refractivity contribution in [3.63, 3.8) is 0 Å². The highest BCUT2D eigenvalue weighted by molar-refractivity contribution is 8.76. The number of aromatic amines is 3. The van der Waals surface area contributed by atoms with Gasteiger partial charge in [-0.25, -0.2) is 39.7 Å². The number of anilines is 2. The molecule has 7 heterocycles. The molecular formula is C61H63N13O13S2. The average Bonchev–Trinajstić information content (AvgIpc) is 1.63. The van der Waals surface area contributed by atoms with E-state index >= 15 is 0 Å². The van der Waals surface area contributed by atoms with Gasteiger partial charge in [0.15, 0.2) is 11.2 Å². The number of benzene rings is 1. The van der Waals surface area contributed by atoms with Crippen molar-refractivity contribution < 1.29 is 57.6 Å². The Bertz CT molecular complexity index is 4170. The van der Waals surface area contributed by atoms with Crippen molar-refractivity contribution in [3.05, 3.63) is 152 Å². The summed E-state index contributed by atoms with van der Waals surface area (Å²) in [5.74, 6) is -5.25. The molecule has 1 aromatic carbocycles. The van der Waals surface area contributed by atoms with Gasteiger partial charge in [-0.05, 0) is 122 Å². The summed E-state index contributed by atoms with van der Waals surface area (Å²) < 4.78 is 20.8. The second kappa shape index (κ2) is 27.3. The van der Waals surface area contributed by atoms with E-state index in [1.807, 2.05) is 52.0 Å². The fraction of sp³-hybridized carbons (Fsp3) is 0.295. The molecule has 3 amide bonds. The number of carbonyl (C=O) groups excluding carboxylic acids is 6. The number of H-pyrrole nitrogens is 3. The molecule has 0 radical (unpaired) electrons. The topological polar surface area (TPSA) is 380 Å². The van der Waals surface area contributed by atoms with Crippen LogP contribution in [0.1, 0.15) is 101 Å². The monoisotopic (exact) mass is 1250 g/mol. The molecule has 0 saturated carbocycles. The van der Waals surface area contributed by atoms with Crippen LogP contribution in [0.15, 0.2) is 89.9 Å². The summed E-state index contributed by atoms with van der Waals surface area (Å²) in [6.45, 7) is 11.8. The number of hydrogen-bond donors (Lipinski definition) is 9. The lowest BCUT2D eigenvalue weighted by Crippen LogP contribution is -2.42. The smallest absolute Gasteiger partial charge is 0.426 e. The number of rotatable bonds is 21. The molecular weight excluding hydrogens is 1190 g/mol. The molecule has 9 rings (SSSR count). The molecule has 4 aliphatic rings. The molecule has 1 unspecified atom stereocenters. The van der Waals surface area contributed by atoms with E-state index in [1.165, 1.54) is 50.5 Å². The van der Waals surface area contributed by atoms with Crippen LogP contribution in [0.25, 0.3) is 50.1 Å². The number of methoxy groups -OCH3 is 3. The molecule has 26 nitrogen and oxygen atoms in total. The van der Waals surface area contributed by atoms with Gasteiger partial charge in [-0.1, -0.05) is 46.4 Å². The van der Waals surface area contributed by atoms with Crippen molar-refractivity contribution in [2.75, 3.05) is 50.5 Å². The van der Waals surface area contributed by atoms with Gasteiger partial charge in [0, 0.05) is 63.6 Å². The molecule has 0 fully saturated rings. The van der Waals surface area contributed by atoms with Crippen LogP contribution in [0.4, 0.5) is 16.4 Å². The van der Waals surface area contributed by atoms with E-state index < -0.39 is 64.7 Å². The van der Waals surface area contributed by atoms with Crippen LogP contribution >= 0.6 is 21.6 Å². The second-order valence-corrected chi connectivity index (χ2v) is 23.4. The maximum absolute atomic E-state index is 14.0. The van der Waals surface area contributed by atoms with E-state index in [-0.39, 0.29) is 72.2 Å². The number of nitrogen functional groups attached to an aromatic ring is 1. The minimum atomic E-state index is -1.25. The zero-order chi connectivity index (χ0) is 63.8. The number of aromatic nitrogens is 8. The van der Waals surface area contributed by atoms with Gasteiger partial charge in [0.25, 0.3) is 11.5 Å². The van der Waals surface area contributed by atoms with Crippen molar-refractivity contribution in [1.82, 2.24) is 56.0 Å². The number of hydrazine groups is 1. The maximum atomic E-state index is 14.0. The van der Waals surface area contributed by atoms with Gasteiger partial charge < -0.3 is 50.4 Å². The number of aliphatic carboxylic acids is 1. The van der Waals surface area contributed by atoms with E-state index in [9.17, 15) is 43.5 Å². The first-order chi connectivity index (χ1) is 42.6. The highest BCUT2D eigenvalue weighted by Crippen LogP contribution is 2.53. The van der Waals surface area contributed by atoms with Gasteiger partial charge in [-0.3, -0.25) is 34.4 Å². The van der Waals surface area contributed by atoms with E-state index in [0.29, 0.717) is 74.2 Å². The lowest BCUT2D eigenvalue weighted by atomic mass is 9.64. The van der Waals surface area contributed by atoms with Gasteiger partial charge in [-0.2, -0.15) is 4.98 Å². The van der Waals surface area contributed by atoms with Crippen LogP contribution in [0.5, 0.6) is 0 Å². The number of aryl methyl sites for hydroxylation is 2. The number of fused-ring (bicyclic) bond motifs is 12. The van der Waals surface area contributed by atoms with Crippen molar-refractivity contribution >= 4 is 125 Å². The number of esters is 3. The summed E-state index contributed by atoms with van der Waals surface area (Å²) in [5, 5.41) is 15.5. The Morgan fingerprint density at radius 2 is 1.57 bits per heavy atom. The number of carboxylic acid groups (broad SMARTS) is 1. The molecule has 1 aliphatic carbocycles. The van der Waals surface area contributed by atoms with Gasteiger partial charge >= 0.3 is 30.0 Å². The third-order valence-corrected chi connectivity index (χ3v) is 17.8. The molecule has 3 aliphatic heterocycles. The van der Waals surface area contributed by atoms with Crippen LogP contribution in [0.3, 0.4) is 0 Å². The standard InChI is InChI=1S/C61H63N13O13S2/c1-9-35-29(2)41-23-46-39-17-14-38(57(81)85-7)51(58(82)86-8)61(39,5)48(69-46)25-42-31(4)36(44(68-42)24-45-37(16-19-50(76)84-6)30(3)40(67-45)22-43(35)66-41)15-18-49(75)73-74-60(83)87-20-21-88-89-28-47(56(79)80)70-54(77)32-10-12-33(13-11-32)63-26-34-27-64-53-52(65-34)55(78)72-59(62)71-53/h9-14,17,22-25,27,47,51,63,67,69H,1,15-16,18-21,26,28H2,2-8H3,(H,70,77)(H,73,75)(H,74,83)(H,79,80)(H3,62,64,71,72,78)/t47?,51-,61+/m0/s1. The minimum Gasteiger partial charge on any atom is -0.480 e. The normalized spacial score (nSPS) is 15.8. The number of amides is 3. The van der Waals surface area contributed by atoms with Crippen LogP contribution < -0.4 is 32.8 Å². The lowest BCUT2D eigenvalue weighted by Gasteiger charge is -2.36. The summed E-state index contributed by atoms with van der Waals surface area (Å²) in [6.07, 6.45) is 5.95. The first-order valence-electron chi connectivity index (χ1n) is 27.7. The fourth-order valence-electron chi connectivity index (χ4n) is 10.7. The predicted molar refractivity (Wildman–Crippen MR) is 335 cm³/mol. The highest BCUT2D eigenvalue weighted by atomic mass is 33.1. The maximum Gasteiger partial charge on any atom is 0.426 e. The molecule has 0 saturated heterocycles. The zero-order valence-electron chi connectivity index (χ0n) is 49.4.